The van der Waals surface area contributed by atoms with Crippen LogP contribution >= 0.6 is 13.5 Å². The molecule has 26 heavy (non-hydrogen) atoms. The highest BCUT2D eigenvalue weighted by molar-refractivity contribution is 7.59. The number of ether oxygens (including phenoxy) is 1. The average molecular weight is 374 g/mol. The number of esters is 1. The molecule has 0 radical (unpaired) electrons. The van der Waals surface area contributed by atoms with Gasteiger partial charge in [-0.25, -0.2) is 0 Å². The van der Waals surface area contributed by atoms with Crippen LogP contribution in [0.1, 0.15) is 50.0 Å². The monoisotopic (exact) mass is 373 g/mol. The van der Waals surface area contributed by atoms with Gasteiger partial charge in [-0.2, -0.15) is 13.5 Å². The van der Waals surface area contributed by atoms with Crippen molar-refractivity contribution in [1.29, 1.82) is 0 Å². The minimum atomic E-state index is -0.0910. The van der Waals surface area contributed by atoms with E-state index >= 15 is 0 Å². The summed E-state index contributed by atoms with van der Waals surface area (Å²) in [7, 11) is 0. The van der Waals surface area contributed by atoms with E-state index in [1.54, 1.807) is 0 Å². The van der Waals surface area contributed by atoms with Gasteiger partial charge in [0.25, 0.3) is 0 Å². The number of hydrogen-bond donors (Lipinski definition) is 0. The van der Waals surface area contributed by atoms with Gasteiger partial charge in [0.2, 0.25) is 5.91 Å². The van der Waals surface area contributed by atoms with Crippen molar-refractivity contribution in [2.75, 3.05) is 19.7 Å². The number of amides is 1. The Morgan fingerprint density at radius 2 is 1.81 bits per heavy atom. The van der Waals surface area contributed by atoms with Crippen molar-refractivity contribution in [2.24, 2.45) is 16.7 Å². The van der Waals surface area contributed by atoms with Gasteiger partial charge in [0, 0.05) is 29.8 Å². The molecule has 140 valence electrons. The quantitative estimate of drug-likeness (QED) is 0.748. The lowest BCUT2D eigenvalue weighted by atomic mass is 9.60. The second-order valence-electron chi connectivity index (χ2n) is 8.99. The number of cyclic esters (lactones) is 1. The molecule has 0 N–H and O–H groups in total. The van der Waals surface area contributed by atoms with Crippen LogP contribution in [0.25, 0.3) is 0 Å². The predicted molar refractivity (Wildman–Crippen MR) is 103 cm³/mol. The molecule has 1 amide bonds. The molecule has 2 saturated heterocycles. The van der Waals surface area contributed by atoms with Crippen LogP contribution in [-0.4, -0.2) is 36.5 Å². The zero-order valence-corrected chi connectivity index (χ0v) is 16.1. The highest BCUT2D eigenvalue weighted by atomic mass is 32.1. The third-order valence-corrected chi connectivity index (χ3v) is 7.10. The van der Waals surface area contributed by atoms with Gasteiger partial charge in [-0.3, -0.25) is 9.59 Å². The van der Waals surface area contributed by atoms with Crippen molar-refractivity contribution >= 4 is 25.4 Å². The molecular weight excluding hydrogens is 346 g/mol. The van der Waals surface area contributed by atoms with Crippen LogP contribution in [-0.2, 0) is 14.3 Å². The molecule has 1 atom stereocenters. The molecule has 5 rings (SSSR count). The standard InChI is InChI=1S/C21H25NO3.H2S/c23-18-11-21(14-25-18)9-17(10-21)19(24)22-12-20(13-22)7-6-16(8-20)15-4-2-1-3-5-15;/h1-5,16-17H,6-14H2;1H2/t16-,17?,21?;/m1./s1. The summed E-state index contributed by atoms with van der Waals surface area (Å²) in [6, 6.07) is 10.8. The smallest absolute Gasteiger partial charge is 0.306 e. The number of likely N-dealkylation sites (tertiary alicyclic amines) is 1. The molecule has 4 aliphatic rings. The van der Waals surface area contributed by atoms with Gasteiger partial charge >= 0.3 is 5.97 Å². The van der Waals surface area contributed by atoms with Gasteiger partial charge in [-0.05, 0) is 43.6 Å². The summed E-state index contributed by atoms with van der Waals surface area (Å²) in [6.07, 6.45) is 5.91. The number of carbonyl (C=O) groups is 2. The average Bonchev–Trinajstić information content (AvgIpc) is 3.17. The molecule has 2 aliphatic heterocycles. The Morgan fingerprint density at radius 3 is 2.46 bits per heavy atom. The number of benzene rings is 1. The number of hydrogen-bond acceptors (Lipinski definition) is 3. The van der Waals surface area contributed by atoms with Crippen molar-refractivity contribution in [3.8, 4) is 0 Å². The Kier molecular flexibility index (Phi) is 4.33. The normalized spacial score (nSPS) is 34.2. The van der Waals surface area contributed by atoms with Crippen molar-refractivity contribution in [3.63, 3.8) is 0 Å². The Morgan fingerprint density at radius 1 is 1.08 bits per heavy atom. The van der Waals surface area contributed by atoms with Crippen LogP contribution < -0.4 is 0 Å². The summed E-state index contributed by atoms with van der Waals surface area (Å²) in [5, 5.41) is 0. The lowest BCUT2D eigenvalue weighted by Crippen LogP contribution is -2.60. The molecule has 2 saturated carbocycles. The second kappa shape index (κ2) is 6.29. The third-order valence-electron chi connectivity index (χ3n) is 7.10. The largest absolute Gasteiger partial charge is 0.465 e. The van der Waals surface area contributed by atoms with Crippen LogP contribution in [0.15, 0.2) is 30.3 Å². The molecule has 4 nitrogen and oxygen atoms in total. The number of carbonyl (C=O) groups excluding carboxylic acids is 2. The van der Waals surface area contributed by atoms with E-state index in [2.05, 4.69) is 35.2 Å². The van der Waals surface area contributed by atoms with Crippen LogP contribution in [0.3, 0.4) is 0 Å². The van der Waals surface area contributed by atoms with Crippen LogP contribution in [0.2, 0.25) is 0 Å². The second-order valence-corrected chi connectivity index (χ2v) is 8.99. The lowest BCUT2D eigenvalue weighted by Gasteiger charge is -2.52. The van der Waals surface area contributed by atoms with E-state index in [4.69, 9.17) is 4.74 Å². The van der Waals surface area contributed by atoms with Crippen LogP contribution in [0, 0.1) is 16.7 Å². The maximum atomic E-state index is 12.7. The number of rotatable bonds is 2. The van der Waals surface area contributed by atoms with Crippen molar-refractivity contribution in [3.05, 3.63) is 35.9 Å². The molecule has 1 aromatic rings. The number of nitrogens with zero attached hydrogens (tertiary/aromatic N) is 1. The van der Waals surface area contributed by atoms with Gasteiger partial charge in [-0.1, -0.05) is 30.3 Å². The highest BCUT2D eigenvalue weighted by Crippen LogP contribution is 2.55. The van der Waals surface area contributed by atoms with Gasteiger partial charge < -0.3 is 9.64 Å². The van der Waals surface area contributed by atoms with E-state index in [1.807, 2.05) is 0 Å². The Bertz CT molecular complexity index is 707. The third kappa shape index (κ3) is 2.84. The zero-order chi connectivity index (χ0) is 17.1. The first-order chi connectivity index (χ1) is 12.1. The van der Waals surface area contributed by atoms with E-state index in [9.17, 15) is 9.59 Å². The molecule has 0 unspecified atom stereocenters. The topological polar surface area (TPSA) is 46.6 Å². The van der Waals surface area contributed by atoms with Gasteiger partial charge in [-0.15, -0.1) is 0 Å². The predicted octanol–water partition coefficient (Wildman–Crippen LogP) is 3.24. The lowest BCUT2D eigenvalue weighted by molar-refractivity contribution is -0.155. The van der Waals surface area contributed by atoms with Gasteiger partial charge in [0.05, 0.1) is 13.0 Å². The molecule has 4 fully saturated rings. The van der Waals surface area contributed by atoms with E-state index in [1.165, 1.54) is 24.8 Å². The summed E-state index contributed by atoms with van der Waals surface area (Å²) >= 11 is 0. The molecule has 1 aromatic carbocycles. The van der Waals surface area contributed by atoms with Crippen molar-refractivity contribution in [2.45, 2.75) is 44.4 Å². The molecule has 5 heteroatoms. The summed E-state index contributed by atoms with van der Waals surface area (Å²) < 4.78 is 5.11. The summed E-state index contributed by atoms with van der Waals surface area (Å²) in [5.41, 5.74) is 1.81. The SMILES string of the molecule is O=C1CC2(CO1)CC(C(=O)N1CC3(CC[C@@H](c4ccccc4)C3)C1)C2.S. The maximum absolute atomic E-state index is 12.7. The minimum absolute atomic E-state index is 0. The van der Waals surface area contributed by atoms with Crippen molar-refractivity contribution in [1.82, 2.24) is 4.90 Å². The summed E-state index contributed by atoms with van der Waals surface area (Å²) in [5.74, 6) is 1.01. The molecule has 0 aromatic heterocycles. The Hall–Kier alpha value is -1.49. The van der Waals surface area contributed by atoms with Gasteiger partial charge in [0.15, 0.2) is 0 Å². The first kappa shape index (κ1) is 17.9. The summed E-state index contributed by atoms with van der Waals surface area (Å²) in [4.78, 5) is 26.1. The molecule has 2 spiro atoms. The highest BCUT2D eigenvalue weighted by Gasteiger charge is 2.56. The first-order valence-electron chi connectivity index (χ1n) is 9.56. The van der Waals surface area contributed by atoms with E-state index in [-0.39, 0.29) is 30.8 Å². The van der Waals surface area contributed by atoms with E-state index in [0.717, 1.165) is 25.9 Å². The molecule has 0 bridgehead atoms. The van der Waals surface area contributed by atoms with E-state index < -0.39 is 0 Å². The molecule has 2 heterocycles. The van der Waals surface area contributed by atoms with Crippen LogP contribution in [0.5, 0.6) is 0 Å². The van der Waals surface area contributed by atoms with Crippen LogP contribution in [0.4, 0.5) is 0 Å². The summed E-state index contributed by atoms with van der Waals surface area (Å²) in [6.45, 7) is 2.40. The minimum Gasteiger partial charge on any atom is -0.465 e. The molecular formula is C21H27NO3S. The maximum Gasteiger partial charge on any atom is 0.306 e. The fraction of sp³-hybridized carbons (Fsp3) is 0.619. The zero-order valence-electron chi connectivity index (χ0n) is 15.1. The molecule has 2 aliphatic carbocycles. The Balaban J connectivity index is 0.00000168. The Labute approximate surface area is 161 Å². The fourth-order valence-corrected chi connectivity index (χ4v) is 5.75. The van der Waals surface area contributed by atoms with Crippen molar-refractivity contribution < 1.29 is 14.3 Å². The fourth-order valence-electron chi connectivity index (χ4n) is 5.75. The van der Waals surface area contributed by atoms with Gasteiger partial charge in [0.1, 0.15) is 0 Å². The first-order valence-corrected chi connectivity index (χ1v) is 9.56. The van der Waals surface area contributed by atoms with E-state index in [0.29, 0.717) is 30.3 Å².